The highest BCUT2D eigenvalue weighted by Gasteiger charge is 2.13. The maximum absolute atomic E-state index is 12.5. The molecule has 3 aromatic rings. The summed E-state index contributed by atoms with van der Waals surface area (Å²) in [5.74, 6) is -0.0624. The summed E-state index contributed by atoms with van der Waals surface area (Å²) in [6.45, 7) is 1.97. The molecule has 2 amide bonds. The molecule has 0 fully saturated rings. The summed E-state index contributed by atoms with van der Waals surface area (Å²) >= 11 is 0. The zero-order valence-electron chi connectivity index (χ0n) is 15.1. The van der Waals surface area contributed by atoms with Crippen LogP contribution in [0, 0.1) is 6.92 Å². The van der Waals surface area contributed by atoms with Crippen molar-refractivity contribution in [3.8, 4) is 11.4 Å². The van der Waals surface area contributed by atoms with Crippen LogP contribution in [0.2, 0.25) is 0 Å². The van der Waals surface area contributed by atoms with Crippen LogP contribution >= 0.6 is 0 Å². The van der Waals surface area contributed by atoms with Crippen molar-refractivity contribution in [2.75, 3.05) is 12.4 Å². The number of anilines is 1. The predicted octanol–water partition coefficient (Wildman–Crippen LogP) is 2.47. The number of nitrogens with one attached hydrogen (secondary N) is 1. The Bertz CT molecular complexity index is 977. The van der Waals surface area contributed by atoms with Crippen molar-refractivity contribution in [3.05, 3.63) is 71.5 Å². The highest BCUT2D eigenvalue weighted by Crippen LogP contribution is 2.23. The number of hydrogen-bond donors (Lipinski definition) is 2. The number of hydrogen-bond acceptors (Lipinski definition) is 4. The number of rotatable bonds is 6. The van der Waals surface area contributed by atoms with Gasteiger partial charge in [0.15, 0.2) is 5.69 Å². The number of benzene rings is 2. The Balaban J connectivity index is 1.75. The SMILES string of the molecule is COc1ccc(C)cc1-n1ccc(C(=O)Nc2ccc(CC(N)=O)cc2)n1. The van der Waals surface area contributed by atoms with Crippen LogP contribution < -0.4 is 15.8 Å². The summed E-state index contributed by atoms with van der Waals surface area (Å²) < 4.78 is 6.97. The molecule has 0 atom stereocenters. The zero-order chi connectivity index (χ0) is 19.4. The lowest BCUT2D eigenvalue weighted by atomic mass is 10.1. The normalized spacial score (nSPS) is 10.4. The first-order valence-corrected chi connectivity index (χ1v) is 8.35. The van der Waals surface area contributed by atoms with E-state index in [1.54, 1.807) is 48.3 Å². The molecule has 1 aromatic heterocycles. The number of aryl methyl sites for hydroxylation is 1. The number of amides is 2. The fourth-order valence-electron chi connectivity index (χ4n) is 2.66. The average Bonchev–Trinajstić information content (AvgIpc) is 3.13. The molecular formula is C20H20N4O3. The smallest absolute Gasteiger partial charge is 0.276 e. The van der Waals surface area contributed by atoms with Gasteiger partial charge in [-0.1, -0.05) is 18.2 Å². The Morgan fingerprint density at radius 3 is 2.56 bits per heavy atom. The first kappa shape index (κ1) is 18.2. The molecule has 27 heavy (non-hydrogen) atoms. The maximum Gasteiger partial charge on any atom is 0.276 e. The Hall–Kier alpha value is -3.61. The minimum Gasteiger partial charge on any atom is -0.494 e. The van der Waals surface area contributed by atoms with Gasteiger partial charge in [0.2, 0.25) is 5.91 Å². The van der Waals surface area contributed by atoms with Crippen LogP contribution in [0.15, 0.2) is 54.7 Å². The standard InChI is InChI=1S/C20H20N4O3/c1-13-3-8-18(27-2)17(11-13)24-10-9-16(23-24)20(26)22-15-6-4-14(5-7-15)12-19(21)25/h3-11H,12H2,1-2H3,(H2,21,25)(H,22,26). The third-order valence-corrected chi connectivity index (χ3v) is 3.99. The van der Waals surface area contributed by atoms with Crippen molar-refractivity contribution < 1.29 is 14.3 Å². The number of ether oxygens (including phenoxy) is 1. The highest BCUT2D eigenvalue weighted by molar-refractivity contribution is 6.02. The maximum atomic E-state index is 12.5. The van der Waals surface area contributed by atoms with E-state index in [1.807, 2.05) is 25.1 Å². The van der Waals surface area contributed by atoms with E-state index < -0.39 is 5.91 Å². The Kier molecular flexibility index (Phi) is 5.21. The molecule has 0 aliphatic carbocycles. The molecule has 0 radical (unpaired) electrons. The zero-order valence-corrected chi connectivity index (χ0v) is 15.1. The summed E-state index contributed by atoms with van der Waals surface area (Å²) in [6.07, 6.45) is 1.87. The second kappa shape index (κ2) is 7.74. The molecule has 7 heteroatoms. The number of carbonyl (C=O) groups is 2. The van der Waals surface area contributed by atoms with E-state index in [1.165, 1.54) is 0 Å². The third-order valence-electron chi connectivity index (χ3n) is 3.99. The number of primary amides is 1. The minimum absolute atomic E-state index is 0.164. The lowest BCUT2D eigenvalue weighted by molar-refractivity contribution is -0.117. The van der Waals surface area contributed by atoms with Gasteiger partial charge < -0.3 is 15.8 Å². The van der Waals surface area contributed by atoms with Crippen molar-refractivity contribution in [2.45, 2.75) is 13.3 Å². The molecule has 3 rings (SSSR count). The van der Waals surface area contributed by atoms with E-state index in [9.17, 15) is 9.59 Å². The van der Waals surface area contributed by atoms with Crippen molar-refractivity contribution >= 4 is 17.5 Å². The lowest BCUT2D eigenvalue weighted by Crippen LogP contribution is -2.14. The molecule has 7 nitrogen and oxygen atoms in total. The monoisotopic (exact) mass is 364 g/mol. The topological polar surface area (TPSA) is 99.2 Å². The van der Waals surface area contributed by atoms with Gasteiger partial charge in [-0.25, -0.2) is 4.68 Å². The summed E-state index contributed by atoms with van der Waals surface area (Å²) in [5, 5.41) is 7.13. The van der Waals surface area contributed by atoms with Gasteiger partial charge in [0.05, 0.1) is 13.5 Å². The molecule has 0 saturated heterocycles. The Morgan fingerprint density at radius 1 is 1.15 bits per heavy atom. The number of nitrogens with zero attached hydrogens (tertiary/aromatic N) is 2. The van der Waals surface area contributed by atoms with Crippen LogP contribution in [0.5, 0.6) is 5.75 Å². The van der Waals surface area contributed by atoms with E-state index >= 15 is 0 Å². The van der Waals surface area contributed by atoms with Gasteiger partial charge in [-0.2, -0.15) is 5.10 Å². The molecule has 0 saturated carbocycles. The third kappa shape index (κ3) is 4.33. The lowest BCUT2D eigenvalue weighted by Gasteiger charge is -2.09. The van der Waals surface area contributed by atoms with Crippen molar-refractivity contribution in [2.24, 2.45) is 5.73 Å². The fraction of sp³-hybridized carbons (Fsp3) is 0.150. The molecule has 0 aliphatic rings. The van der Waals surface area contributed by atoms with Gasteiger partial charge in [-0.3, -0.25) is 9.59 Å². The van der Waals surface area contributed by atoms with E-state index in [2.05, 4.69) is 10.4 Å². The van der Waals surface area contributed by atoms with Crippen LogP contribution in [-0.4, -0.2) is 28.7 Å². The van der Waals surface area contributed by atoms with Crippen LogP contribution in [0.25, 0.3) is 5.69 Å². The second-order valence-electron chi connectivity index (χ2n) is 6.11. The van der Waals surface area contributed by atoms with E-state index in [-0.39, 0.29) is 18.0 Å². The average molecular weight is 364 g/mol. The first-order chi connectivity index (χ1) is 13.0. The second-order valence-corrected chi connectivity index (χ2v) is 6.11. The van der Waals surface area contributed by atoms with E-state index in [4.69, 9.17) is 10.5 Å². The van der Waals surface area contributed by atoms with Crippen molar-refractivity contribution in [3.63, 3.8) is 0 Å². The molecule has 3 N–H and O–H groups in total. The molecule has 138 valence electrons. The van der Waals surface area contributed by atoms with Crippen LogP contribution in [0.1, 0.15) is 21.6 Å². The summed E-state index contributed by atoms with van der Waals surface area (Å²) in [6, 6.07) is 14.3. The molecule has 1 heterocycles. The fourth-order valence-corrected chi connectivity index (χ4v) is 2.66. The number of aromatic nitrogens is 2. The van der Waals surface area contributed by atoms with Gasteiger partial charge >= 0.3 is 0 Å². The van der Waals surface area contributed by atoms with Crippen LogP contribution in [-0.2, 0) is 11.2 Å². The molecule has 2 aromatic carbocycles. The van der Waals surface area contributed by atoms with E-state index in [0.29, 0.717) is 11.4 Å². The first-order valence-electron chi connectivity index (χ1n) is 8.35. The summed E-state index contributed by atoms with van der Waals surface area (Å²) in [4.78, 5) is 23.4. The summed E-state index contributed by atoms with van der Waals surface area (Å²) in [7, 11) is 1.59. The van der Waals surface area contributed by atoms with Gasteiger partial charge in [-0.05, 0) is 48.4 Å². The van der Waals surface area contributed by atoms with Gasteiger partial charge in [0, 0.05) is 11.9 Å². The van der Waals surface area contributed by atoms with Gasteiger partial charge in [0.1, 0.15) is 11.4 Å². The van der Waals surface area contributed by atoms with Gasteiger partial charge in [-0.15, -0.1) is 0 Å². The molecule has 0 spiro atoms. The highest BCUT2D eigenvalue weighted by atomic mass is 16.5. The van der Waals surface area contributed by atoms with E-state index in [0.717, 1.165) is 16.8 Å². The minimum atomic E-state index is -0.399. The largest absolute Gasteiger partial charge is 0.494 e. The number of methoxy groups -OCH3 is 1. The molecule has 0 bridgehead atoms. The predicted molar refractivity (Wildman–Crippen MR) is 102 cm³/mol. The molecule has 0 unspecified atom stereocenters. The van der Waals surface area contributed by atoms with Crippen molar-refractivity contribution in [1.82, 2.24) is 9.78 Å². The number of carbonyl (C=O) groups excluding carboxylic acids is 2. The van der Waals surface area contributed by atoms with Crippen LogP contribution in [0.3, 0.4) is 0 Å². The molecular weight excluding hydrogens is 344 g/mol. The Morgan fingerprint density at radius 2 is 1.89 bits per heavy atom. The van der Waals surface area contributed by atoms with Crippen molar-refractivity contribution in [1.29, 1.82) is 0 Å². The molecule has 0 aliphatic heterocycles. The van der Waals surface area contributed by atoms with Crippen LogP contribution in [0.4, 0.5) is 5.69 Å². The van der Waals surface area contributed by atoms with Gasteiger partial charge in [0.25, 0.3) is 5.91 Å². The summed E-state index contributed by atoms with van der Waals surface area (Å²) in [5.41, 5.74) is 8.66. The Labute approximate surface area is 156 Å². The number of nitrogens with two attached hydrogens (primary N) is 1. The quantitative estimate of drug-likeness (QED) is 0.702.